The van der Waals surface area contributed by atoms with Gasteiger partial charge in [-0.25, -0.2) is 8.42 Å². The summed E-state index contributed by atoms with van der Waals surface area (Å²) in [5.41, 5.74) is 6.23. The molecule has 2 aromatic carbocycles. The highest BCUT2D eigenvalue weighted by molar-refractivity contribution is 7.91. The fourth-order valence-corrected chi connectivity index (χ4v) is 6.20. The molecule has 1 fully saturated rings. The lowest BCUT2D eigenvalue weighted by Crippen LogP contribution is -2.50. The number of benzene rings is 2. The number of rotatable bonds is 7. The third-order valence-electron chi connectivity index (χ3n) is 5.34. The van der Waals surface area contributed by atoms with Crippen molar-refractivity contribution in [3.63, 3.8) is 0 Å². The Balaban J connectivity index is 1.44. The molecule has 0 atom stereocenters. The fraction of sp³-hybridized carbons (Fsp3) is 0.217. The molecule has 2 N–H and O–H groups in total. The van der Waals surface area contributed by atoms with Gasteiger partial charge >= 0.3 is 0 Å². The van der Waals surface area contributed by atoms with Crippen LogP contribution in [0.3, 0.4) is 0 Å². The number of amides is 2. The number of nitrogens with two attached hydrogens (primary N) is 1. The lowest BCUT2D eigenvalue weighted by atomic mass is 10.0. The maximum absolute atomic E-state index is 13.0. The predicted molar refractivity (Wildman–Crippen MR) is 125 cm³/mol. The van der Waals surface area contributed by atoms with Crippen LogP contribution in [0.1, 0.15) is 15.9 Å². The Morgan fingerprint density at radius 2 is 1.67 bits per heavy atom. The summed E-state index contributed by atoms with van der Waals surface area (Å²) in [7, 11) is -3.54. The van der Waals surface area contributed by atoms with E-state index in [1.165, 1.54) is 15.6 Å². The topological polar surface area (TPSA) is 110 Å². The van der Waals surface area contributed by atoms with Crippen molar-refractivity contribution >= 4 is 33.2 Å². The number of nitrogens with zero attached hydrogens (tertiary/aromatic N) is 2. The summed E-state index contributed by atoms with van der Waals surface area (Å²) in [6, 6.07) is 17.3. The standard InChI is InChI=1S/C23H23N3O5S2/c24-23(28)20-9-8-19(31-18-5-2-1-3-6-18)15-17(20)16-21(27)25-10-12-26(13-11-25)33(29,30)22-7-4-14-32-22/h1-9,14-15H,10-13,16H2,(H2,24,28). The first-order valence-corrected chi connectivity index (χ1v) is 12.6. The lowest BCUT2D eigenvalue weighted by Gasteiger charge is -2.33. The molecule has 1 aromatic heterocycles. The summed E-state index contributed by atoms with van der Waals surface area (Å²) in [6.45, 7) is 0.975. The number of carbonyl (C=O) groups excluding carboxylic acids is 2. The number of sulfonamides is 1. The van der Waals surface area contributed by atoms with Gasteiger partial charge in [-0.05, 0) is 47.3 Å². The van der Waals surface area contributed by atoms with E-state index in [1.54, 1.807) is 52.7 Å². The number of piperazine rings is 1. The number of carbonyl (C=O) groups is 2. The Bertz CT molecular complexity index is 1240. The van der Waals surface area contributed by atoms with Crippen LogP contribution in [0.15, 0.2) is 70.3 Å². The molecule has 2 amide bonds. The quantitative estimate of drug-likeness (QED) is 0.553. The molecular formula is C23H23N3O5S2. The Morgan fingerprint density at radius 1 is 0.939 bits per heavy atom. The monoisotopic (exact) mass is 485 g/mol. The molecule has 0 spiro atoms. The Kier molecular flexibility index (Phi) is 6.77. The van der Waals surface area contributed by atoms with Crippen molar-refractivity contribution in [3.8, 4) is 11.5 Å². The van der Waals surface area contributed by atoms with E-state index in [4.69, 9.17) is 10.5 Å². The first kappa shape index (κ1) is 23.0. The molecule has 1 saturated heterocycles. The van der Waals surface area contributed by atoms with Gasteiger partial charge in [0, 0.05) is 31.7 Å². The maximum atomic E-state index is 13.0. The normalized spacial score (nSPS) is 14.7. The van der Waals surface area contributed by atoms with Crippen molar-refractivity contribution in [2.75, 3.05) is 26.2 Å². The molecule has 0 unspecified atom stereocenters. The van der Waals surface area contributed by atoms with Gasteiger partial charge in [-0.1, -0.05) is 24.3 Å². The van der Waals surface area contributed by atoms with Gasteiger partial charge in [-0.2, -0.15) is 4.31 Å². The number of ether oxygens (including phenoxy) is 1. The van der Waals surface area contributed by atoms with Crippen molar-refractivity contribution < 1.29 is 22.7 Å². The third-order valence-corrected chi connectivity index (χ3v) is 8.62. The van der Waals surface area contributed by atoms with Crippen LogP contribution in [0, 0.1) is 0 Å². The minimum Gasteiger partial charge on any atom is -0.457 e. The van der Waals surface area contributed by atoms with E-state index in [-0.39, 0.29) is 44.1 Å². The van der Waals surface area contributed by atoms with Crippen LogP contribution in [0.5, 0.6) is 11.5 Å². The van der Waals surface area contributed by atoms with Crippen LogP contribution in [0.4, 0.5) is 0 Å². The summed E-state index contributed by atoms with van der Waals surface area (Å²) in [5.74, 6) is 0.281. The number of para-hydroxylation sites is 1. The zero-order valence-corrected chi connectivity index (χ0v) is 19.3. The Labute approximate surface area is 196 Å². The first-order valence-electron chi connectivity index (χ1n) is 10.3. The Hall–Kier alpha value is -3.21. The second kappa shape index (κ2) is 9.74. The van der Waals surface area contributed by atoms with Gasteiger partial charge in [0.15, 0.2) is 0 Å². The molecule has 0 radical (unpaired) electrons. The molecule has 1 aliphatic heterocycles. The van der Waals surface area contributed by atoms with Crippen LogP contribution in [-0.4, -0.2) is 55.6 Å². The second-order valence-electron chi connectivity index (χ2n) is 7.49. The minimum atomic E-state index is -3.54. The minimum absolute atomic E-state index is 0.0397. The van der Waals surface area contributed by atoms with Crippen molar-refractivity contribution in [1.29, 1.82) is 0 Å². The van der Waals surface area contributed by atoms with Gasteiger partial charge in [-0.15, -0.1) is 11.3 Å². The van der Waals surface area contributed by atoms with Gasteiger partial charge in [0.25, 0.3) is 10.0 Å². The van der Waals surface area contributed by atoms with Gasteiger partial charge in [0.2, 0.25) is 11.8 Å². The molecule has 172 valence electrons. The molecule has 3 aromatic rings. The van der Waals surface area contributed by atoms with Crippen molar-refractivity contribution in [3.05, 3.63) is 77.2 Å². The molecule has 0 saturated carbocycles. The van der Waals surface area contributed by atoms with Crippen molar-refractivity contribution in [2.24, 2.45) is 5.73 Å². The molecule has 8 nitrogen and oxygen atoms in total. The van der Waals surface area contributed by atoms with E-state index in [2.05, 4.69) is 0 Å². The van der Waals surface area contributed by atoms with E-state index >= 15 is 0 Å². The van der Waals surface area contributed by atoms with E-state index in [1.807, 2.05) is 18.2 Å². The van der Waals surface area contributed by atoms with Crippen LogP contribution >= 0.6 is 11.3 Å². The Morgan fingerprint density at radius 3 is 2.30 bits per heavy atom. The lowest BCUT2D eigenvalue weighted by molar-refractivity contribution is -0.131. The van der Waals surface area contributed by atoms with E-state index in [0.29, 0.717) is 21.3 Å². The summed E-state index contributed by atoms with van der Waals surface area (Å²) >= 11 is 1.17. The van der Waals surface area contributed by atoms with Crippen LogP contribution in [0.25, 0.3) is 0 Å². The van der Waals surface area contributed by atoms with E-state index in [0.717, 1.165) is 0 Å². The zero-order chi connectivity index (χ0) is 23.4. The smallest absolute Gasteiger partial charge is 0.252 e. The van der Waals surface area contributed by atoms with Crippen molar-refractivity contribution in [1.82, 2.24) is 9.21 Å². The van der Waals surface area contributed by atoms with E-state index < -0.39 is 15.9 Å². The highest BCUT2D eigenvalue weighted by atomic mass is 32.2. The molecular weight excluding hydrogens is 462 g/mol. The van der Waals surface area contributed by atoms with Gasteiger partial charge < -0.3 is 15.4 Å². The number of hydrogen-bond acceptors (Lipinski definition) is 6. The van der Waals surface area contributed by atoms with E-state index in [9.17, 15) is 18.0 Å². The van der Waals surface area contributed by atoms with Crippen LogP contribution in [-0.2, 0) is 21.2 Å². The summed E-state index contributed by atoms with van der Waals surface area (Å²) < 4.78 is 32.9. The zero-order valence-electron chi connectivity index (χ0n) is 17.7. The summed E-state index contributed by atoms with van der Waals surface area (Å²) in [6.07, 6.45) is -0.0397. The highest BCUT2D eigenvalue weighted by Gasteiger charge is 2.31. The summed E-state index contributed by atoms with van der Waals surface area (Å²) in [4.78, 5) is 26.5. The SMILES string of the molecule is NC(=O)c1ccc(Oc2ccccc2)cc1CC(=O)N1CCN(S(=O)(=O)c2cccs2)CC1. The predicted octanol–water partition coefficient (Wildman–Crippen LogP) is 2.71. The summed E-state index contributed by atoms with van der Waals surface area (Å²) in [5, 5.41) is 1.72. The molecule has 1 aliphatic rings. The number of primary amides is 1. The maximum Gasteiger partial charge on any atom is 0.252 e. The van der Waals surface area contributed by atoms with Crippen LogP contribution in [0.2, 0.25) is 0 Å². The number of hydrogen-bond donors (Lipinski definition) is 1. The fourth-order valence-electron chi connectivity index (χ4n) is 3.63. The molecule has 10 heteroatoms. The average Bonchev–Trinajstić information content (AvgIpc) is 3.36. The average molecular weight is 486 g/mol. The third kappa shape index (κ3) is 5.24. The van der Waals surface area contributed by atoms with Gasteiger partial charge in [0.05, 0.1) is 6.42 Å². The molecule has 0 bridgehead atoms. The number of thiophene rings is 1. The van der Waals surface area contributed by atoms with Crippen LogP contribution < -0.4 is 10.5 Å². The molecule has 33 heavy (non-hydrogen) atoms. The molecule has 4 rings (SSSR count). The highest BCUT2D eigenvalue weighted by Crippen LogP contribution is 2.25. The van der Waals surface area contributed by atoms with Gasteiger partial charge in [-0.3, -0.25) is 9.59 Å². The van der Waals surface area contributed by atoms with Gasteiger partial charge in [0.1, 0.15) is 15.7 Å². The van der Waals surface area contributed by atoms with Crippen molar-refractivity contribution in [2.45, 2.75) is 10.6 Å². The molecule has 0 aliphatic carbocycles. The second-order valence-corrected chi connectivity index (χ2v) is 10.6. The first-order chi connectivity index (χ1) is 15.8. The molecule has 2 heterocycles. The largest absolute Gasteiger partial charge is 0.457 e.